The zero-order valence-corrected chi connectivity index (χ0v) is 10.5. The SMILES string of the molecule is SCNc1cc(Cl)c(I)c(Cl)c1. The topological polar surface area (TPSA) is 12.0 Å². The largest absolute Gasteiger partial charge is 0.376 e. The van der Waals surface area contributed by atoms with Crippen LogP contribution in [0.5, 0.6) is 0 Å². The van der Waals surface area contributed by atoms with E-state index in [1.54, 1.807) is 0 Å². The molecule has 0 amide bonds. The van der Waals surface area contributed by atoms with Gasteiger partial charge in [0.1, 0.15) is 0 Å². The van der Waals surface area contributed by atoms with Crippen molar-refractivity contribution in [3.8, 4) is 0 Å². The molecule has 1 aromatic carbocycles. The van der Waals surface area contributed by atoms with Crippen molar-refractivity contribution in [3.05, 3.63) is 25.7 Å². The third-order valence-electron chi connectivity index (χ3n) is 1.27. The maximum Gasteiger partial charge on any atom is 0.0581 e. The van der Waals surface area contributed by atoms with Gasteiger partial charge >= 0.3 is 0 Å². The Morgan fingerprint density at radius 2 is 1.83 bits per heavy atom. The van der Waals surface area contributed by atoms with Gasteiger partial charge in [0.05, 0.1) is 19.5 Å². The van der Waals surface area contributed by atoms with Crippen LogP contribution in [0.25, 0.3) is 0 Å². The van der Waals surface area contributed by atoms with E-state index in [1.165, 1.54) is 0 Å². The highest BCUT2D eigenvalue weighted by atomic mass is 127. The molecule has 0 saturated carbocycles. The Kier molecular flexibility index (Phi) is 4.29. The Labute approximate surface area is 100 Å². The van der Waals surface area contributed by atoms with Crippen molar-refractivity contribution in [3.63, 3.8) is 0 Å². The fraction of sp³-hybridized carbons (Fsp3) is 0.143. The van der Waals surface area contributed by atoms with Gasteiger partial charge in [0.25, 0.3) is 0 Å². The van der Waals surface area contributed by atoms with E-state index >= 15 is 0 Å². The van der Waals surface area contributed by atoms with E-state index in [2.05, 4.69) is 40.5 Å². The summed E-state index contributed by atoms with van der Waals surface area (Å²) in [6.07, 6.45) is 0. The third kappa shape index (κ3) is 2.58. The molecular formula is C7H6Cl2INS. The number of rotatable bonds is 2. The Bertz CT molecular complexity index is 270. The summed E-state index contributed by atoms with van der Waals surface area (Å²) in [6, 6.07) is 3.65. The molecule has 0 aromatic heterocycles. The van der Waals surface area contributed by atoms with Crippen LogP contribution in [0, 0.1) is 3.57 Å². The Morgan fingerprint density at radius 1 is 1.33 bits per heavy atom. The minimum atomic E-state index is 0.563. The zero-order chi connectivity index (χ0) is 9.14. The summed E-state index contributed by atoms with van der Waals surface area (Å²) in [5, 5.41) is 4.33. The number of halogens is 3. The van der Waals surface area contributed by atoms with Crippen molar-refractivity contribution in [2.24, 2.45) is 0 Å². The molecule has 66 valence electrons. The lowest BCUT2D eigenvalue weighted by Crippen LogP contribution is -1.94. The molecule has 0 atom stereocenters. The monoisotopic (exact) mass is 333 g/mol. The first-order valence-electron chi connectivity index (χ1n) is 3.14. The molecule has 0 aliphatic heterocycles. The Balaban J connectivity index is 3.04. The van der Waals surface area contributed by atoms with E-state index in [-0.39, 0.29) is 0 Å². The highest BCUT2D eigenvalue weighted by Gasteiger charge is 2.03. The fourth-order valence-electron chi connectivity index (χ4n) is 0.749. The summed E-state index contributed by atoms with van der Waals surface area (Å²) in [5.74, 6) is 0.563. The molecule has 0 aliphatic rings. The standard InChI is InChI=1S/C7H6Cl2INS/c8-5-1-4(11-3-12)2-6(9)7(5)10/h1-2,11-12H,3H2. The summed E-state index contributed by atoms with van der Waals surface area (Å²) in [4.78, 5) is 0. The van der Waals surface area contributed by atoms with Gasteiger partial charge in [0, 0.05) is 5.69 Å². The number of nitrogens with one attached hydrogen (secondary N) is 1. The lowest BCUT2D eigenvalue weighted by Gasteiger charge is -2.05. The first-order valence-corrected chi connectivity index (χ1v) is 5.61. The van der Waals surface area contributed by atoms with Crippen LogP contribution in [0.3, 0.4) is 0 Å². The molecule has 0 saturated heterocycles. The van der Waals surface area contributed by atoms with E-state index in [0.29, 0.717) is 15.9 Å². The van der Waals surface area contributed by atoms with E-state index in [4.69, 9.17) is 23.2 Å². The average molecular weight is 334 g/mol. The van der Waals surface area contributed by atoms with Crippen LogP contribution >= 0.6 is 58.4 Å². The summed E-state index contributed by atoms with van der Waals surface area (Å²) in [6.45, 7) is 0. The van der Waals surface area contributed by atoms with Crippen LogP contribution in [0.15, 0.2) is 12.1 Å². The minimum Gasteiger partial charge on any atom is -0.376 e. The van der Waals surface area contributed by atoms with Gasteiger partial charge in [-0.1, -0.05) is 23.2 Å². The average Bonchev–Trinajstić information content (AvgIpc) is 2.01. The Morgan fingerprint density at radius 3 is 2.25 bits per heavy atom. The summed E-state index contributed by atoms with van der Waals surface area (Å²) in [5.41, 5.74) is 0.889. The maximum absolute atomic E-state index is 5.90. The second kappa shape index (κ2) is 4.79. The van der Waals surface area contributed by atoms with Gasteiger partial charge in [0.2, 0.25) is 0 Å². The van der Waals surface area contributed by atoms with Gasteiger partial charge in [-0.15, -0.1) is 0 Å². The van der Waals surface area contributed by atoms with Crippen molar-refractivity contribution in [2.75, 3.05) is 11.2 Å². The maximum atomic E-state index is 5.90. The molecule has 1 N–H and O–H groups in total. The first kappa shape index (κ1) is 10.8. The molecule has 1 aromatic rings. The molecule has 1 nitrogen and oxygen atoms in total. The van der Waals surface area contributed by atoms with Gasteiger partial charge < -0.3 is 5.32 Å². The van der Waals surface area contributed by atoms with E-state index in [1.807, 2.05) is 12.1 Å². The van der Waals surface area contributed by atoms with Crippen molar-refractivity contribution >= 4 is 64.1 Å². The highest BCUT2D eigenvalue weighted by molar-refractivity contribution is 14.1. The van der Waals surface area contributed by atoms with E-state index in [9.17, 15) is 0 Å². The lowest BCUT2D eigenvalue weighted by molar-refractivity contribution is 1.46. The molecule has 0 spiro atoms. The van der Waals surface area contributed by atoms with Crippen LogP contribution < -0.4 is 5.32 Å². The summed E-state index contributed by atoms with van der Waals surface area (Å²) in [7, 11) is 0. The van der Waals surface area contributed by atoms with E-state index < -0.39 is 0 Å². The molecule has 0 heterocycles. The van der Waals surface area contributed by atoms with Gasteiger partial charge in [-0.2, -0.15) is 12.6 Å². The van der Waals surface area contributed by atoms with E-state index in [0.717, 1.165) is 9.26 Å². The minimum absolute atomic E-state index is 0.563. The molecule has 0 bridgehead atoms. The number of anilines is 1. The van der Waals surface area contributed by atoms with Gasteiger partial charge in [-0.25, -0.2) is 0 Å². The smallest absolute Gasteiger partial charge is 0.0581 e. The number of hydrogen-bond acceptors (Lipinski definition) is 2. The van der Waals surface area contributed by atoms with Gasteiger partial charge in [-0.3, -0.25) is 0 Å². The highest BCUT2D eigenvalue weighted by Crippen LogP contribution is 2.29. The first-order chi connectivity index (χ1) is 5.65. The third-order valence-corrected chi connectivity index (χ3v) is 3.82. The second-order valence-electron chi connectivity index (χ2n) is 2.09. The number of hydrogen-bond donors (Lipinski definition) is 2. The summed E-state index contributed by atoms with van der Waals surface area (Å²) >= 11 is 17.9. The van der Waals surface area contributed by atoms with Crippen LogP contribution in [-0.2, 0) is 0 Å². The van der Waals surface area contributed by atoms with Crippen molar-refractivity contribution in [1.82, 2.24) is 0 Å². The molecule has 12 heavy (non-hydrogen) atoms. The van der Waals surface area contributed by atoms with Crippen LogP contribution in [0.4, 0.5) is 5.69 Å². The molecule has 0 aliphatic carbocycles. The lowest BCUT2D eigenvalue weighted by atomic mass is 10.3. The van der Waals surface area contributed by atoms with Crippen LogP contribution in [0.1, 0.15) is 0 Å². The predicted octanol–water partition coefficient (Wildman–Crippen LogP) is 3.90. The van der Waals surface area contributed by atoms with Gasteiger partial charge in [-0.05, 0) is 34.7 Å². The van der Waals surface area contributed by atoms with Crippen molar-refractivity contribution in [2.45, 2.75) is 0 Å². The fourth-order valence-corrected chi connectivity index (χ4v) is 1.73. The number of benzene rings is 1. The normalized spacial score (nSPS) is 10.0. The quantitative estimate of drug-likeness (QED) is 0.362. The van der Waals surface area contributed by atoms with Gasteiger partial charge in [0.15, 0.2) is 0 Å². The second-order valence-corrected chi connectivity index (χ2v) is 4.30. The molecule has 1 rings (SSSR count). The Hall–Kier alpha value is 0.680. The molecular weight excluding hydrogens is 328 g/mol. The van der Waals surface area contributed by atoms with Crippen molar-refractivity contribution < 1.29 is 0 Å². The van der Waals surface area contributed by atoms with Crippen molar-refractivity contribution in [1.29, 1.82) is 0 Å². The summed E-state index contributed by atoms with van der Waals surface area (Å²) < 4.78 is 0.876. The molecule has 0 unspecified atom stereocenters. The predicted molar refractivity (Wildman–Crippen MR) is 66.7 cm³/mol. The molecule has 0 fully saturated rings. The number of thiol groups is 1. The molecule has 0 radical (unpaired) electrons. The van der Waals surface area contributed by atoms with Crippen LogP contribution in [-0.4, -0.2) is 5.88 Å². The van der Waals surface area contributed by atoms with Crippen LogP contribution in [0.2, 0.25) is 10.0 Å². The zero-order valence-electron chi connectivity index (χ0n) is 5.94. The molecule has 5 heteroatoms.